The van der Waals surface area contributed by atoms with E-state index in [0.29, 0.717) is 0 Å². The summed E-state index contributed by atoms with van der Waals surface area (Å²) in [5.74, 6) is 0. The third-order valence-electron chi connectivity index (χ3n) is 2.87. The summed E-state index contributed by atoms with van der Waals surface area (Å²) >= 11 is 0. The molecule has 0 radical (unpaired) electrons. The van der Waals surface area contributed by atoms with Crippen molar-refractivity contribution < 1.29 is 19.1 Å². The van der Waals surface area contributed by atoms with Crippen molar-refractivity contribution in [3.63, 3.8) is 0 Å². The Morgan fingerprint density at radius 1 is 1.11 bits per heavy atom. The van der Waals surface area contributed by atoms with Crippen molar-refractivity contribution in [1.82, 2.24) is 10.6 Å². The second-order valence-electron chi connectivity index (χ2n) is 5.73. The molecule has 0 spiro atoms. The van der Waals surface area contributed by atoms with Gasteiger partial charge in [0.05, 0.1) is 6.04 Å². The third kappa shape index (κ3) is 5.81. The largest absolute Gasteiger partial charge is 0.444 e. The Hall–Kier alpha value is -1.46. The minimum absolute atomic E-state index is 0.180. The number of nitrogens with one attached hydrogen (secondary N) is 2. The topological polar surface area (TPSA) is 76.7 Å². The van der Waals surface area contributed by atoms with Gasteiger partial charge in [-0.3, -0.25) is 0 Å². The SMILES string of the molecule is CNC(=O)O[C@@H]1CCCC[C@H]1NC(=O)OC(C)(C)C. The van der Waals surface area contributed by atoms with Crippen LogP contribution >= 0.6 is 0 Å². The van der Waals surface area contributed by atoms with E-state index < -0.39 is 17.8 Å². The van der Waals surface area contributed by atoms with Crippen molar-refractivity contribution in [3.8, 4) is 0 Å². The van der Waals surface area contributed by atoms with Gasteiger partial charge >= 0.3 is 12.2 Å². The molecule has 0 aromatic heterocycles. The molecule has 110 valence electrons. The Morgan fingerprint density at radius 2 is 1.74 bits per heavy atom. The maximum absolute atomic E-state index is 11.7. The molecule has 0 bridgehead atoms. The highest BCUT2D eigenvalue weighted by Gasteiger charge is 2.30. The third-order valence-corrected chi connectivity index (χ3v) is 2.87. The van der Waals surface area contributed by atoms with Crippen LogP contribution in [0.1, 0.15) is 46.5 Å². The molecule has 1 fully saturated rings. The van der Waals surface area contributed by atoms with E-state index in [1.54, 1.807) is 0 Å². The standard InChI is InChI=1S/C13H24N2O4/c1-13(2,3)19-12(17)15-9-7-5-6-8-10(9)18-11(16)14-4/h9-10H,5-8H2,1-4H3,(H,14,16)(H,15,17)/t9-,10-/m1/s1. The molecular formula is C13H24N2O4. The summed E-state index contributed by atoms with van der Waals surface area (Å²) in [4.78, 5) is 23.0. The normalized spacial score (nSPS) is 23.4. The van der Waals surface area contributed by atoms with Crippen LogP contribution in [0.5, 0.6) is 0 Å². The van der Waals surface area contributed by atoms with Crippen LogP contribution in [0.15, 0.2) is 0 Å². The molecule has 1 rings (SSSR count). The minimum Gasteiger partial charge on any atom is -0.444 e. The summed E-state index contributed by atoms with van der Waals surface area (Å²) in [7, 11) is 1.52. The van der Waals surface area contributed by atoms with E-state index in [0.717, 1.165) is 25.7 Å². The molecule has 0 unspecified atom stereocenters. The molecule has 1 aliphatic carbocycles. The van der Waals surface area contributed by atoms with Gasteiger partial charge in [-0.15, -0.1) is 0 Å². The summed E-state index contributed by atoms with van der Waals surface area (Å²) in [5, 5.41) is 5.21. The van der Waals surface area contributed by atoms with Crippen LogP contribution in [-0.2, 0) is 9.47 Å². The van der Waals surface area contributed by atoms with Crippen LogP contribution in [0.25, 0.3) is 0 Å². The molecule has 2 amide bonds. The molecule has 0 aliphatic heterocycles. The lowest BCUT2D eigenvalue weighted by Crippen LogP contribution is -2.49. The quantitative estimate of drug-likeness (QED) is 0.807. The lowest BCUT2D eigenvalue weighted by Gasteiger charge is -2.32. The van der Waals surface area contributed by atoms with E-state index in [1.807, 2.05) is 20.8 Å². The Labute approximate surface area is 114 Å². The average Bonchev–Trinajstić information content (AvgIpc) is 2.29. The summed E-state index contributed by atoms with van der Waals surface area (Å²) < 4.78 is 10.5. The second kappa shape index (κ2) is 6.63. The van der Waals surface area contributed by atoms with Gasteiger partial charge in [0.25, 0.3) is 0 Å². The van der Waals surface area contributed by atoms with Crippen molar-refractivity contribution in [2.24, 2.45) is 0 Å². The first-order valence-corrected chi connectivity index (χ1v) is 6.69. The molecule has 0 heterocycles. The second-order valence-corrected chi connectivity index (χ2v) is 5.73. The van der Waals surface area contributed by atoms with Gasteiger partial charge in [-0.25, -0.2) is 9.59 Å². The fourth-order valence-electron chi connectivity index (χ4n) is 2.06. The van der Waals surface area contributed by atoms with Gasteiger partial charge in [0.2, 0.25) is 0 Å². The van der Waals surface area contributed by atoms with Gasteiger partial charge in [0, 0.05) is 7.05 Å². The van der Waals surface area contributed by atoms with Crippen LogP contribution in [-0.4, -0.2) is 37.0 Å². The smallest absolute Gasteiger partial charge is 0.408 e. The van der Waals surface area contributed by atoms with Crippen LogP contribution in [0.3, 0.4) is 0 Å². The Kier molecular flexibility index (Phi) is 5.44. The highest BCUT2D eigenvalue weighted by atomic mass is 16.6. The molecule has 6 nitrogen and oxygen atoms in total. The number of alkyl carbamates (subject to hydrolysis) is 2. The Morgan fingerprint density at radius 3 is 2.32 bits per heavy atom. The van der Waals surface area contributed by atoms with Crippen LogP contribution < -0.4 is 10.6 Å². The van der Waals surface area contributed by atoms with Gasteiger partial charge in [-0.1, -0.05) is 6.42 Å². The molecule has 0 aromatic carbocycles. The number of hydrogen-bond acceptors (Lipinski definition) is 4. The zero-order chi connectivity index (χ0) is 14.5. The molecule has 2 atom stereocenters. The molecular weight excluding hydrogens is 248 g/mol. The summed E-state index contributed by atoms with van der Waals surface area (Å²) in [6.07, 6.45) is 2.32. The van der Waals surface area contributed by atoms with E-state index in [-0.39, 0.29) is 12.1 Å². The maximum Gasteiger partial charge on any atom is 0.408 e. The van der Waals surface area contributed by atoms with Crippen molar-refractivity contribution in [3.05, 3.63) is 0 Å². The predicted octanol–water partition coefficient (Wildman–Crippen LogP) is 2.18. The number of ether oxygens (including phenoxy) is 2. The first kappa shape index (κ1) is 15.6. The van der Waals surface area contributed by atoms with Crippen molar-refractivity contribution in [1.29, 1.82) is 0 Å². The molecule has 1 saturated carbocycles. The number of carbonyl (C=O) groups excluding carboxylic acids is 2. The molecule has 19 heavy (non-hydrogen) atoms. The van der Waals surface area contributed by atoms with Crippen molar-refractivity contribution >= 4 is 12.2 Å². The molecule has 6 heteroatoms. The van der Waals surface area contributed by atoms with E-state index in [2.05, 4.69) is 10.6 Å². The van der Waals surface area contributed by atoms with Crippen molar-refractivity contribution in [2.75, 3.05) is 7.05 Å². The number of rotatable bonds is 2. The van der Waals surface area contributed by atoms with Crippen LogP contribution in [0.2, 0.25) is 0 Å². The molecule has 1 aliphatic rings. The summed E-state index contributed by atoms with van der Waals surface area (Å²) in [6, 6.07) is -0.180. The number of amides is 2. The van der Waals surface area contributed by atoms with Crippen LogP contribution in [0.4, 0.5) is 9.59 Å². The minimum atomic E-state index is -0.532. The summed E-state index contributed by atoms with van der Waals surface area (Å²) in [6.45, 7) is 5.43. The van der Waals surface area contributed by atoms with E-state index in [4.69, 9.17) is 9.47 Å². The lowest BCUT2D eigenvalue weighted by molar-refractivity contribution is 0.0282. The fourth-order valence-corrected chi connectivity index (χ4v) is 2.06. The van der Waals surface area contributed by atoms with Gasteiger partial charge in [-0.05, 0) is 40.0 Å². The molecule has 0 aromatic rings. The van der Waals surface area contributed by atoms with Gasteiger partial charge < -0.3 is 20.1 Å². The predicted molar refractivity (Wildman–Crippen MR) is 71.0 cm³/mol. The Balaban J connectivity index is 2.52. The van der Waals surface area contributed by atoms with E-state index in [9.17, 15) is 9.59 Å². The maximum atomic E-state index is 11.7. The zero-order valence-electron chi connectivity index (χ0n) is 12.1. The van der Waals surface area contributed by atoms with Gasteiger partial charge in [0.1, 0.15) is 11.7 Å². The first-order chi connectivity index (χ1) is 8.81. The summed E-state index contributed by atoms with van der Waals surface area (Å²) in [5.41, 5.74) is -0.532. The highest BCUT2D eigenvalue weighted by Crippen LogP contribution is 2.22. The molecule has 2 N–H and O–H groups in total. The lowest BCUT2D eigenvalue weighted by atomic mass is 9.92. The number of carbonyl (C=O) groups is 2. The van der Waals surface area contributed by atoms with Crippen molar-refractivity contribution in [2.45, 2.75) is 64.2 Å². The van der Waals surface area contributed by atoms with Gasteiger partial charge in [0.15, 0.2) is 0 Å². The zero-order valence-corrected chi connectivity index (χ0v) is 12.1. The van der Waals surface area contributed by atoms with E-state index >= 15 is 0 Å². The van der Waals surface area contributed by atoms with Gasteiger partial charge in [-0.2, -0.15) is 0 Å². The monoisotopic (exact) mass is 272 g/mol. The highest BCUT2D eigenvalue weighted by molar-refractivity contribution is 5.69. The fraction of sp³-hybridized carbons (Fsp3) is 0.846. The first-order valence-electron chi connectivity index (χ1n) is 6.69. The average molecular weight is 272 g/mol. The molecule has 0 saturated heterocycles. The van der Waals surface area contributed by atoms with Crippen LogP contribution in [0, 0.1) is 0 Å². The Bertz CT molecular complexity index is 325. The van der Waals surface area contributed by atoms with E-state index in [1.165, 1.54) is 7.05 Å². The number of hydrogen-bond donors (Lipinski definition) is 2.